The molecule has 96 valence electrons. The van der Waals surface area contributed by atoms with Gasteiger partial charge >= 0.3 is 0 Å². The van der Waals surface area contributed by atoms with E-state index in [1.165, 1.54) is 0 Å². The fraction of sp³-hybridized carbons (Fsp3) is 0.462. The first-order valence-corrected chi connectivity index (χ1v) is 6.13. The number of carbonyl (C=O) groups is 1. The summed E-state index contributed by atoms with van der Waals surface area (Å²) in [7, 11) is 3.72. The van der Waals surface area contributed by atoms with E-state index in [1.807, 2.05) is 33.4 Å². The predicted octanol–water partition coefficient (Wildman–Crippen LogP) is 1.53. The van der Waals surface area contributed by atoms with Crippen molar-refractivity contribution in [2.75, 3.05) is 0 Å². The van der Waals surface area contributed by atoms with Gasteiger partial charge in [0.05, 0.1) is 17.5 Å². The number of aryl methyl sites for hydroxylation is 4. The lowest BCUT2D eigenvalue weighted by molar-refractivity contribution is 0.0982. The van der Waals surface area contributed by atoms with Crippen LogP contribution in [-0.4, -0.2) is 25.3 Å². The Kier molecular flexibility index (Phi) is 3.60. The van der Waals surface area contributed by atoms with E-state index in [1.54, 1.807) is 15.6 Å². The third-order valence-electron chi connectivity index (χ3n) is 2.94. The normalized spacial score (nSPS) is 10.8. The van der Waals surface area contributed by atoms with Gasteiger partial charge in [-0.15, -0.1) is 0 Å². The molecule has 0 aliphatic heterocycles. The highest BCUT2D eigenvalue weighted by molar-refractivity contribution is 5.97. The number of ketones is 1. The van der Waals surface area contributed by atoms with E-state index in [0.29, 0.717) is 6.42 Å². The molecule has 0 unspecified atom stereocenters. The maximum Gasteiger partial charge on any atom is 0.166 e. The molecule has 0 aliphatic rings. The van der Waals surface area contributed by atoms with Crippen LogP contribution in [-0.2, 0) is 26.9 Å². The summed E-state index contributed by atoms with van der Waals surface area (Å²) in [5.41, 5.74) is 2.73. The van der Waals surface area contributed by atoms with Gasteiger partial charge in [-0.3, -0.25) is 14.2 Å². The van der Waals surface area contributed by atoms with Crippen LogP contribution in [0.4, 0.5) is 0 Å². The van der Waals surface area contributed by atoms with Crippen LogP contribution in [0.5, 0.6) is 0 Å². The molecule has 0 aromatic carbocycles. The summed E-state index contributed by atoms with van der Waals surface area (Å²) in [6, 6.07) is 0. The molecule has 0 saturated carbocycles. The van der Waals surface area contributed by atoms with Gasteiger partial charge < -0.3 is 0 Å². The van der Waals surface area contributed by atoms with E-state index in [9.17, 15) is 4.79 Å². The highest BCUT2D eigenvalue weighted by atomic mass is 16.1. The van der Waals surface area contributed by atoms with E-state index in [4.69, 9.17) is 0 Å². The van der Waals surface area contributed by atoms with Crippen LogP contribution in [0, 0.1) is 0 Å². The second-order valence-electron chi connectivity index (χ2n) is 4.46. The first-order valence-electron chi connectivity index (χ1n) is 6.13. The predicted molar refractivity (Wildman–Crippen MR) is 68.4 cm³/mol. The standard InChI is InChI=1S/C13H18N4O/c1-4-12-11(9-17(3)15-12)13(18)6-5-10-7-14-16(2)8-10/h7-9H,4-6H2,1-3H3. The molecule has 0 aliphatic carbocycles. The fourth-order valence-electron chi connectivity index (χ4n) is 2.02. The lowest BCUT2D eigenvalue weighted by Gasteiger charge is -1.98. The SMILES string of the molecule is CCc1nn(C)cc1C(=O)CCc1cnn(C)c1. The highest BCUT2D eigenvalue weighted by Crippen LogP contribution is 2.12. The van der Waals surface area contributed by atoms with Gasteiger partial charge in [0.2, 0.25) is 0 Å². The molecule has 2 heterocycles. The van der Waals surface area contributed by atoms with Crippen LogP contribution in [0.2, 0.25) is 0 Å². The Bertz CT molecular complexity index is 553. The van der Waals surface area contributed by atoms with Gasteiger partial charge in [0.25, 0.3) is 0 Å². The van der Waals surface area contributed by atoms with Crippen LogP contribution in [0.3, 0.4) is 0 Å². The largest absolute Gasteiger partial charge is 0.294 e. The van der Waals surface area contributed by atoms with Crippen molar-refractivity contribution < 1.29 is 4.79 Å². The fourth-order valence-corrected chi connectivity index (χ4v) is 2.02. The van der Waals surface area contributed by atoms with E-state index in [-0.39, 0.29) is 5.78 Å². The molecule has 5 heteroatoms. The maximum absolute atomic E-state index is 12.1. The summed E-state index contributed by atoms with van der Waals surface area (Å²) >= 11 is 0. The van der Waals surface area contributed by atoms with Gasteiger partial charge in [-0.25, -0.2) is 0 Å². The minimum atomic E-state index is 0.156. The van der Waals surface area contributed by atoms with E-state index in [0.717, 1.165) is 29.7 Å². The molecular formula is C13H18N4O. The average Bonchev–Trinajstić information content (AvgIpc) is 2.92. The number of nitrogens with zero attached hydrogens (tertiary/aromatic N) is 4. The summed E-state index contributed by atoms with van der Waals surface area (Å²) in [5.74, 6) is 0.156. The molecule has 18 heavy (non-hydrogen) atoms. The maximum atomic E-state index is 12.1. The molecule has 0 fully saturated rings. The lowest BCUT2D eigenvalue weighted by atomic mass is 10.0. The smallest absolute Gasteiger partial charge is 0.166 e. The molecule has 2 aromatic heterocycles. The second kappa shape index (κ2) is 5.16. The van der Waals surface area contributed by atoms with Crippen molar-refractivity contribution in [2.24, 2.45) is 14.1 Å². The van der Waals surface area contributed by atoms with E-state index in [2.05, 4.69) is 10.2 Å². The topological polar surface area (TPSA) is 52.7 Å². The van der Waals surface area contributed by atoms with Crippen LogP contribution in [0.1, 0.15) is 35.0 Å². The van der Waals surface area contributed by atoms with Gasteiger partial charge in [-0.05, 0) is 18.4 Å². The van der Waals surface area contributed by atoms with Crippen molar-refractivity contribution in [2.45, 2.75) is 26.2 Å². The van der Waals surface area contributed by atoms with Gasteiger partial charge in [0, 0.05) is 32.9 Å². The Morgan fingerprint density at radius 1 is 1.28 bits per heavy atom. The molecule has 5 nitrogen and oxygen atoms in total. The summed E-state index contributed by atoms with van der Waals surface area (Å²) in [6.45, 7) is 2.01. The molecule has 2 rings (SSSR count). The third kappa shape index (κ3) is 2.67. The summed E-state index contributed by atoms with van der Waals surface area (Å²) in [6.07, 6.45) is 7.57. The number of aromatic nitrogens is 4. The van der Waals surface area contributed by atoms with E-state index < -0.39 is 0 Å². The highest BCUT2D eigenvalue weighted by Gasteiger charge is 2.14. The number of carbonyl (C=O) groups excluding carboxylic acids is 1. The van der Waals surface area contributed by atoms with Crippen molar-refractivity contribution in [3.8, 4) is 0 Å². The molecule has 0 radical (unpaired) electrons. The van der Waals surface area contributed by atoms with Crippen molar-refractivity contribution in [3.05, 3.63) is 35.4 Å². The Hall–Kier alpha value is -1.91. The molecule has 0 N–H and O–H groups in total. The first kappa shape index (κ1) is 12.5. The molecule has 0 spiro atoms. The van der Waals surface area contributed by atoms with Crippen LogP contribution in [0.15, 0.2) is 18.6 Å². The minimum absolute atomic E-state index is 0.156. The monoisotopic (exact) mass is 246 g/mol. The van der Waals surface area contributed by atoms with E-state index >= 15 is 0 Å². The Balaban J connectivity index is 2.03. The van der Waals surface area contributed by atoms with Crippen molar-refractivity contribution in [1.82, 2.24) is 19.6 Å². The Labute approximate surface area is 106 Å². The zero-order chi connectivity index (χ0) is 13.1. The van der Waals surface area contributed by atoms with Crippen LogP contribution in [0.25, 0.3) is 0 Å². The van der Waals surface area contributed by atoms with Gasteiger partial charge in [-0.2, -0.15) is 10.2 Å². The second-order valence-corrected chi connectivity index (χ2v) is 4.46. The summed E-state index contributed by atoms with van der Waals surface area (Å²) in [5, 5.41) is 8.38. The summed E-state index contributed by atoms with van der Waals surface area (Å²) < 4.78 is 3.46. The first-order chi connectivity index (χ1) is 8.60. The van der Waals surface area contributed by atoms with Gasteiger partial charge in [0.15, 0.2) is 5.78 Å². The molecular weight excluding hydrogens is 228 g/mol. The zero-order valence-electron chi connectivity index (χ0n) is 11.1. The van der Waals surface area contributed by atoms with Crippen LogP contribution >= 0.6 is 0 Å². The van der Waals surface area contributed by atoms with Gasteiger partial charge in [-0.1, -0.05) is 6.92 Å². The number of Topliss-reactive ketones (excluding diaryl/α,β-unsaturated/α-hetero) is 1. The zero-order valence-corrected chi connectivity index (χ0v) is 11.1. The molecule has 0 amide bonds. The quantitative estimate of drug-likeness (QED) is 0.752. The van der Waals surface area contributed by atoms with Crippen molar-refractivity contribution in [3.63, 3.8) is 0 Å². The van der Waals surface area contributed by atoms with Crippen LogP contribution < -0.4 is 0 Å². The summed E-state index contributed by atoms with van der Waals surface area (Å²) in [4.78, 5) is 12.1. The lowest BCUT2D eigenvalue weighted by Crippen LogP contribution is -2.03. The Morgan fingerprint density at radius 3 is 2.67 bits per heavy atom. The molecule has 2 aromatic rings. The number of rotatable bonds is 5. The Morgan fingerprint density at radius 2 is 2.06 bits per heavy atom. The number of hydrogen-bond acceptors (Lipinski definition) is 3. The van der Waals surface area contributed by atoms with Crippen molar-refractivity contribution >= 4 is 5.78 Å². The molecule has 0 bridgehead atoms. The molecule has 0 saturated heterocycles. The number of hydrogen-bond donors (Lipinski definition) is 0. The van der Waals surface area contributed by atoms with Gasteiger partial charge in [0.1, 0.15) is 0 Å². The minimum Gasteiger partial charge on any atom is -0.294 e. The average molecular weight is 246 g/mol. The third-order valence-corrected chi connectivity index (χ3v) is 2.94. The van der Waals surface area contributed by atoms with Crippen molar-refractivity contribution in [1.29, 1.82) is 0 Å². The molecule has 0 atom stereocenters.